The Morgan fingerprint density at radius 1 is 1.00 bits per heavy atom. The molecule has 54 valence electrons. The Kier molecular flexibility index (Phi) is 1.56. The molecule has 0 aromatic heterocycles. The fourth-order valence-electron chi connectivity index (χ4n) is 1.34. The Hall–Kier alpha value is -0.250. The number of thiol groups is 1. The van der Waals surface area contributed by atoms with Crippen molar-refractivity contribution in [1.29, 1.82) is 0 Å². The number of rotatable bonds is 0. The van der Waals surface area contributed by atoms with Crippen molar-refractivity contribution in [1.82, 2.24) is 10.6 Å². The molecule has 0 bridgehead atoms. The zero-order chi connectivity index (χ0) is 6.97. The summed E-state index contributed by atoms with van der Waals surface area (Å²) >= 11 is 4.26. The van der Waals surface area contributed by atoms with Crippen LogP contribution in [0.15, 0.2) is 24.3 Å². The summed E-state index contributed by atoms with van der Waals surface area (Å²) in [5.74, 6) is 0. The van der Waals surface area contributed by atoms with Gasteiger partial charge in [-0.05, 0) is 0 Å². The van der Waals surface area contributed by atoms with Gasteiger partial charge in [0.15, 0.2) is 0 Å². The van der Waals surface area contributed by atoms with E-state index in [9.17, 15) is 0 Å². The lowest BCUT2D eigenvalue weighted by molar-refractivity contribution is 0.675. The number of fused-ring (bicyclic) bond motifs is 1. The molecule has 0 radical (unpaired) electrons. The summed E-state index contributed by atoms with van der Waals surface area (Å²) in [6.45, 7) is 0. The molecule has 1 aliphatic heterocycles. The highest BCUT2D eigenvalue weighted by Crippen LogP contribution is 2.12. The van der Waals surface area contributed by atoms with Crippen LogP contribution in [0.2, 0.25) is 0 Å². The normalized spacial score (nSPS) is 43.9. The molecule has 0 aromatic rings. The molecule has 1 saturated heterocycles. The van der Waals surface area contributed by atoms with Gasteiger partial charge in [-0.25, -0.2) is 0 Å². The average Bonchev–Trinajstić information content (AvgIpc) is 2.27. The number of nitrogens with one attached hydrogen (secondary N) is 2. The van der Waals surface area contributed by atoms with Crippen molar-refractivity contribution < 1.29 is 0 Å². The van der Waals surface area contributed by atoms with E-state index in [0.717, 1.165) is 0 Å². The minimum atomic E-state index is 0.141. The summed E-state index contributed by atoms with van der Waals surface area (Å²) in [6.07, 6.45) is 8.41. The monoisotopic (exact) mass is 154 g/mol. The minimum absolute atomic E-state index is 0.141. The summed E-state index contributed by atoms with van der Waals surface area (Å²) in [5, 5.41) is 6.54. The van der Waals surface area contributed by atoms with Crippen LogP contribution >= 0.6 is 12.6 Å². The minimum Gasteiger partial charge on any atom is -0.285 e. The first-order valence-corrected chi connectivity index (χ1v) is 3.93. The molecule has 0 spiro atoms. The van der Waals surface area contributed by atoms with Crippen LogP contribution in [0.4, 0.5) is 0 Å². The molecule has 0 amide bonds. The molecule has 2 atom stereocenters. The molecule has 1 fully saturated rings. The third-order valence-electron chi connectivity index (χ3n) is 1.84. The van der Waals surface area contributed by atoms with E-state index in [1.54, 1.807) is 0 Å². The Morgan fingerprint density at radius 2 is 1.50 bits per heavy atom. The maximum absolute atomic E-state index is 4.26. The highest BCUT2D eigenvalue weighted by atomic mass is 32.1. The van der Waals surface area contributed by atoms with Gasteiger partial charge < -0.3 is 0 Å². The van der Waals surface area contributed by atoms with Crippen molar-refractivity contribution in [3.63, 3.8) is 0 Å². The lowest BCUT2D eigenvalue weighted by Gasteiger charge is -2.12. The second kappa shape index (κ2) is 2.42. The molecule has 3 heteroatoms. The lowest BCUT2D eigenvalue weighted by Crippen LogP contribution is -2.30. The second-order valence-corrected chi connectivity index (χ2v) is 3.07. The van der Waals surface area contributed by atoms with Crippen LogP contribution < -0.4 is 10.6 Å². The first-order valence-electron chi connectivity index (χ1n) is 3.41. The zero-order valence-electron chi connectivity index (χ0n) is 5.49. The van der Waals surface area contributed by atoms with Gasteiger partial charge in [0, 0.05) is 12.1 Å². The molecule has 1 aliphatic carbocycles. The maximum Gasteiger partial charge on any atom is 0.104 e. The number of hydrogen-bond acceptors (Lipinski definition) is 3. The van der Waals surface area contributed by atoms with Gasteiger partial charge in [-0.3, -0.25) is 10.6 Å². The largest absolute Gasteiger partial charge is 0.285 e. The summed E-state index contributed by atoms with van der Waals surface area (Å²) in [4.78, 5) is 0. The van der Waals surface area contributed by atoms with E-state index in [1.807, 2.05) is 0 Å². The molecule has 2 nitrogen and oxygen atoms in total. The molecule has 2 unspecified atom stereocenters. The number of allylic oxidation sites excluding steroid dienone is 2. The van der Waals surface area contributed by atoms with E-state index in [-0.39, 0.29) is 5.50 Å². The van der Waals surface area contributed by atoms with Gasteiger partial charge in [0.2, 0.25) is 0 Å². The first-order chi connectivity index (χ1) is 4.86. The molecule has 0 aromatic carbocycles. The van der Waals surface area contributed by atoms with Gasteiger partial charge in [-0.2, -0.15) is 0 Å². The highest BCUT2D eigenvalue weighted by Gasteiger charge is 2.27. The van der Waals surface area contributed by atoms with Crippen LogP contribution in [0.3, 0.4) is 0 Å². The standard InChI is InChI=1S/C7H10N2S/c10-7-8-5-3-1-2-4-6(5)9-7/h1-10H. The van der Waals surface area contributed by atoms with Gasteiger partial charge in [-0.1, -0.05) is 24.3 Å². The molecule has 10 heavy (non-hydrogen) atoms. The first kappa shape index (κ1) is 6.46. The molecule has 0 saturated carbocycles. The Morgan fingerprint density at radius 3 is 2.00 bits per heavy atom. The quantitative estimate of drug-likeness (QED) is 0.436. The van der Waals surface area contributed by atoms with Crippen molar-refractivity contribution in [2.24, 2.45) is 0 Å². The van der Waals surface area contributed by atoms with E-state index in [2.05, 4.69) is 47.6 Å². The predicted molar refractivity (Wildman–Crippen MR) is 44.9 cm³/mol. The smallest absolute Gasteiger partial charge is 0.104 e. The Bertz CT molecular complexity index is 168. The Labute approximate surface area is 65.8 Å². The third-order valence-corrected chi connectivity index (χ3v) is 2.13. The zero-order valence-corrected chi connectivity index (χ0v) is 6.38. The lowest BCUT2D eigenvalue weighted by atomic mass is 10.1. The summed E-state index contributed by atoms with van der Waals surface area (Å²) in [6, 6.07) is 0.875. The fraction of sp³-hybridized carbons (Fsp3) is 0.429. The molecular weight excluding hydrogens is 144 g/mol. The fourth-order valence-corrected chi connectivity index (χ4v) is 1.68. The summed E-state index contributed by atoms with van der Waals surface area (Å²) in [7, 11) is 0. The van der Waals surface area contributed by atoms with Gasteiger partial charge >= 0.3 is 0 Å². The van der Waals surface area contributed by atoms with Crippen molar-refractivity contribution in [2.75, 3.05) is 0 Å². The van der Waals surface area contributed by atoms with Gasteiger partial charge in [0.25, 0.3) is 0 Å². The van der Waals surface area contributed by atoms with E-state index < -0.39 is 0 Å². The van der Waals surface area contributed by atoms with Crippen LogP contribution in [0.1, 0.15) is 0 Å². The average molecular weight is 154 g/mol. The van der Waals surface area contributed by atoms with Crippen molar-refractivity contribution in [3.05, 3.63) is 24.3 Å². The van der Waals surface area contributed by atoms with E-state index in [1.165, 1.54) is 0 Å². The van der Waals surface area contributed by atoms with Crippen LogP contribution in [-0.4, -0.2) is 17.6 Å². The van der Waals surface area contributed by atoms with E-state index >= 15 is 0 Å². The SMILES string of the molecule is SC1NC2C=CC=CC2N1. The van der Waals surface area contributed by atoms with Crippen LogP contribution in [0, 0.1) is 0 Å². The van der Waals surface area contributed by atoms with Crippen molar-refractivity contribution >= 4 is 12.6 Å². The molecular formula is C7H10N2S. The van der Waals surface area contributed by atoms with E-state index in [0.29, 0.717) is 12.1 Å². The van der Waals surface area contributed by atoms with Gasteiger partial charge in [0.05, 0.1) is 0 Å². The summed E-state index contributed by atoms with van der Waals surface area (Å²) < 4.78 is 0. The van der Waals surface area contributed by atoms with Crippen LogP contribution in [0.5, 0.6) is 0 Å². The van der Waals surface area contributed by atoms with E-state index in [4.69, 9.17) is 0 Å². The van der Waals surface area contributed by atoms with Crippen LogP contribution in [-0.2, 0) is 0 Å². The summed E-state index contributed by atoms with van der Waals surface area (Å²) in [5.41, 5.74) is 0.141. The van der Waals surface area contributed by atoms with Crippen LogP contribution in [0.25, 0.3) is 0 Å². The van der Waals surface area contributed by atoms with Crippen molar-refractivity contribution in [3.8, 4) is 0 Å². The van der Waals surface area contributed by atoms with Gasteiger partial charge in [0.1, 0.15) is 5.50 Å². The van der Waals surface area contributed by atoms with Gasteiger partial charge in [-0.15, -0.1) is 12.6 Å². The molecule has 1 heterocycles. The molecule has 2 rings (SSSR count). The molecule has 2 N–H and O–H groups in total. The molecule has 2 aliphatic rings. The van der Waals surface area contributed by atoms with Crippen molar-refractivity contribution in [2.45, 2.75) is 17.6 Å². The Balaban J connectivity index is 2.14. The maximum atomic E-state index is 4.26. The highest BCUT2D eigenvalue weighted by molar-refractivity contribution is 7.80. The predicted octanol–water partition coefficient (Wildman–Crippen LogP) is 0.256. The number of hydrogen-bond donors (Lipinski definition) is 3. The topological polar surface area (TPSA) is 24.1 Å². The third kappa shape index (κ3) is 1.00. The second-order valence-electron chi connectivity index (χ2n) is 2.56.